The first-order chi connectivity index (χ1) is 13.5. The second-order valence-electron chi connectivity index (χ2n) is 6.41. The summed E-state index contributed by atoms with van der Waals surface area (Å²) in [4.78, 5) is 33.5. The van der Waals surface area contributed by atoms with Crippen LogP contribution in [0.4, 0.5) is 0 Å². The number of hydrazine groups is 1. The van der Waals surface area contributed by atoms with Crippen molar-refractivity contribution in [3.05, 3.63) is 59.4 Å². The number of para-hydroxylation sites is 2. The number of amides is 2. The van der Waals surface area contributed by atoms with Gasteiger partial charge in [-0.25, -0.2) is 9.97 Å². The third-order valence-electron chi connectivity index (χ3n) is 4.44. The quantitative estimate of drug-likeness (QED) is 0.660. The van der Waals surface area contributed by atoms with Crippen molar-refractivity contribution in [3.8, 4) is 11.5 Å². The first-order valence-corrected chi connectivity index (χ1v) is 8.75. The normalized spacial score (nSPS) is 15.1. The molecular weight excluding hydrogens is 360 g/mol. The van der Waals surface area contributed by atoms with Crippen LogP contribution < -0.4 is 20.3 Å². The van der Waals surface area contributed by atoms with Crippen molar-refractivity contribution in [3.63, 3.8) is 0 Å². The molecule has 1 aromatic heterocycles. The predicted molar refractivity (Wildman–Crippen MR) is 101 cm³/mol. The second-order valence-corrected chi connectivity index (χ2v) is 6.41. The summed E-state index contributed by atoms with van der Waals surface area (Å²) in [7, 11) is 0. The molecule has 0 aliphatic carbocycles. The van der Waals surface area contributed by atoms with Crippen molar-refractivity contribution < 1.29 is 19.1 Å². The van der Waals surface area contributed by atoms with Crippen LogP contribution in [0.5, 0.6) is 11.5 Å². The van der Waals surface area contributed by atoms with Crippen molar-refractivity contribution in [2.75, 3.05) is 6.61 Å². The van der Waals surface area contributed by atoms with Crippen LogP contribution in [0.3, 0.4) is 0 Å². The number of aromatic nitrogens is 2. The van der Waals surface area contributed by atoms with Gasteiger partial charge in [0, 0.05) is 5.56 Å². The van der Waals surface area contributed by atoms with Gasteiger partial charge in [-0.15, -0.1) is 0 Å². The monoisotopic (exact) mass is 378 g/mol. The topological polar surface area (TPSA) is 102 Å². The molecule has 0 saturated heterocycles. The average molecular weight is 378 g/mol. The Kier molecular flexibility index (Phi) is 4.52. The van der Waals surface area contributed by atoms with E-state index in [0.29, 0.717) is 28.1 Å². The minimum atomic E-state index is -0.858. The van der Waals surface area contributed by atoms with Crippen molar-refractivity contribution in [1.82, 2.24) is 20.8 Å². The molecule has 2 aromatic carbocycles. The SMILES string of the molecule is Cc1nc2ccc(C(=O)NNC(=O)[C@@H]3COc4ccccc4O3)cc2nc1C. The maximum atomic E-state index is 12.4. The Labute approximate surface area is 160 Å². The molecular formula is C20H18N4O4. The van der Waals surface area contributed by atoms with E-state index in [1.54, 1.807) is 36.4 Å². The lowest BCUT2D eigenvalue weighted by Gasteiger charge is -2.25. The number of aryl methyl sites for hydroxylation is 2. The minimum Gasteiger partial charge on any atom is -0.485 e. The van der Waals surface area contributed by atoms with Gasteiger partial charge in [-0.05, 0) is 44.2 Å². The largest absolute Gasteiger partial charge is 0.485 e. The lowest BCUT2D eigenvalue weighted by molar-refractivity contribution is -0.131. The first kappa shape index (κ1) is 17.7. The summed E-state index contributed by atoms with van der Waals surface area (Å²) in [5.41, 5.74) is 8.07. The van der Waals surface area contributed by atoms with Gasteiger partial charge in [-0.2, -0.15) is 0 Å². The molecule has 1 atom stereocenters. The molecule has 8 nitrogen and oxygen atoms in total. The highest BCUT2D eigenvalue weighted by molar-refractivity contribution is 5.98. The zero-order valence-electron chi connectivity index (χ0n) is 15.4. The summed E-state index contributed by atoms with van der Waals surface area (Å²) in [6.07, 6.45) is -0.858. The number of hydrogen-bond acceptors (Lipinski definition) is 6. The lowest BCUT2D eigenvalue weighted by atomic mass is 10.1. The maximum absolute atomic E-state index is 12.4. The van der Waals surface area contributed by atoms with Crippen LogP contribution in [0.25, 0.3) is 11.0 Å². The number of fused-ring (bicyclic) bond motifs is 2. The number of benzene rings is 2. The van der Waals surface area contributed by atoms with Gasteiger partial charge in [0.2, 0.25) is 6.10 Å². The van der Waals surface area contributed by atoms with Crippen LogP contribution in [-0.2, 0) is 4.79 Å². The van der Waals surface area contributed by atoms with Gasteiger partial charge >= 0.3 is 0 Å². The molecule has 2 amide bonds. The van der Waals surface area contributed by atoms with Crippen molar-refractivity contribution >= 4 is 22.8 Å². The van der Waals surface area contributed by atoms with Crippen molar-refractivity contribution in [2.24, 2.45) is 0 Å². The van der Waals surface area contributed by atoms with E-state index in [1.807, 2.05) is 19.9 Å². The number of nitrogens with one attached hydrogen (secondary N) is 2. The van der Waals surface area contributed by atoms with Gasteiger partial charge in [0.25, 0.3) is 11.8 Å². The molecule has 0 bridgehead atoms. The number of carbonyl (C=O) groups excluding carboxylic acids is 2. The summed E-state index contributed by atoms with van der Waals surface area (Å²) in [5, 5.41) is 0. The summed E-state index contributed by atoms with van der Waals surface area (Å²) < 4.78 is 11.1. The Morgan fingerprint density at radius 1 is 0.964 bits per heavy atom. The van der Waals surface area contributed by atoms with Crippen molar-refractivity contribution in [1.29, 1.82) is 0 Å². The van der Waals surface area contributed by atoms with E-state index in [1.165, 1.54) is 0 Å². The highest BCUT2D eigenvalue weighted by Gasteiger charge is 2.27. The van der Waals surface area contributed by atoms with Crippen LogP contribution in [0, 0.1) is 13.8 Å². The number of rotatable bonds is 2. The smallest absolute Gasteiger partial charge is 0.283 e. The van der Waals surface area contributed by atoms with E-state index in [0.717, 1.165) is 11.4 Å². The van der Waals surface area contributed by atoms with E-state index in [-0.39, 0.29) is 6.61 Å². The fourth-order valence-electron chi connectivity index (χ4n) is 2.79. The van der Waals surface area contributed by atoms with Gasteiger partial charge in [0.15, 0.2) is 11.5 Å². The van der Waals surface area contributed by atoms with Crippen LogP contribution in [-0.4, -0.2) is 34.5 Å². The number of hydrogen-bond donors (Lipinski definition) is 2. The maximum Gasteiger partial charge on any atom is 0.283 e. The lowest BCUT2D eigenvalue weighted by Crippen LogP contribution is -2.50. The Morgan fingerprint density at radius 3 is 2.46 bits per heavy atom. The summed E-state index contributed by atoms with van der Waals surface area (Å²) in [6, 6.07) is 12.1. The molecule has 8 heteroatoms. The fraction of sp³-hybridized carbons (Fsp3) is 0.200. The first-order valence-electron chi connectivity index (χ1n) is 8.75. The molecule has 2 N–H and O–H groups in total. The van der Waals surface area contributed by atoms with Gasteiger partial charge in [-0.3, -0.25) is 20.4 Å². The molecule has 2 heterocycles. The molecule has 0 fully saturated rings. The molecule has 3 aromatic rings. The fourth-order valence-corrected chi connectivity index (χ4v) is 2.79. The minimum absolute atomic E-state index is 0.0584. The molecule has 1 aliphatic rings. The summed E-state index contributed by atoms with van der Waals surface area (Å²) >= 11 is 0. The highest BCUT2D eigenvalue weighted by Crippen LogP contribution is 2.30. The van der Waals surface area contributed by atoms with E-state index in [4.69, 9.17) is 9.47 Å². The Balaban J connectivity index is 1.41. The van der Waals surface area contributed by atoms with Crippen LogP contribution in [0.15, 0.2) is 42.5 Å². The van der Waals surface area contributed by atoms with Crippen LogP contribution in [0.2, 0.25) is 0 Å². The van der Waals surface area contributed by atoms with Crippen LogP contribution >= 0.6 is 0 Å². The van der Waals surface area contributed by atoms with Gasteiger partial charge in [-0.1, -0.05) is 12.1 Å². The molecule has 0 saturated carbocycles. The van der Waals surface area contributed by atoms with Gasteiger partial charge in [0.1, 0.15) is 6.61 Å². The third-order valence-corrected chi connectivity index (χ3v) is 4.44. The summed E-state index contributed by atoms with van der Waals surface area (Å²) in [6.45, 7) is 3.80. The predicted octanol–water partition coefficient (Wildman–Crippen LogP) is 1.85. The average Bonchev–Trinajstić information content (AvgIpc) is 2.72. The highest BCUT2D eigenvalue weighted by atomic mass is 16.6. The number of nitrogens with zero attached hydrogens (tertiary/aromatic N) is 2. The Bertz CT molecular complexity index is 1080. The molecule has 142 valence electrons. The number of carbonyl (C=O) groups is 2. The van der Waals surface area contributed by atoms with Crippen molar-refractivity contribution in [2.45, 2.75) is 20.0 Å². The Morgan fingerprint density at radius 2 is 1.68 bits per heavy atom. The van der Waals surface area contributed by atoms with E-state index < -0.39 is 17.9 Å². The zero-order valence-corrected chi connectivity index (χ0v) is 15.4. The second kappa shape index (κ2) is 7.15. The molecule has 4 rings (SSSR count). The number of ether oxygens (including phenoxy) is 2. The van der Waals surface area contributed by atoms with Gasteiger partial charge < -0.3 is 9.47 Å². The molecule has 0 radical (unpaired) electrons. The zero-order chi connectivity index (χ0) is 19.7. The van der Waals surface area contributed by atoms with E-state index in [2.05, 4.69) is 20.8 Å². The molecule has 1 aliphatic heterocycles. The van der Waals surface area contributed by atoms with E-state index in [9.17, 15) is 9.59 Å². The molecule has 28 heavy (non-hydrogen) atoms. The van der Waals surface area contributed by atoms with Crippen LogP contribution in [0.1, 0.15) is 21.7 Å². The van der Waals surface area contributed by atoms with E-state index >= 15 is 0 Å². The molecule has 0 unspecified atom stereocenters. The summed E-state index contributed by atoms with van der Waals surface area (Å²) in [5.74, 6) is 0.0969. The van der Waals surface area contributed by atoms with Gasteiger partial charge in [0.05, 0.1) is 22.4 Å². The third kappa shape index (κ3) is 3.44. The standard InChI is InChI=1S/C20H18N4O4/c1-11-12(2)22-15-9-13(7-8-14(15)21-11)19(25)23-24-20(26)18-10-27-16-5-3-4-6-17(16)28-18/h3-9,18H,10H2,1-2H3,(H,23,25)(H,24,26)/t18-/m0/s1. The molecule has 0 spiro atoms. The Hall–Kier alpha value is -3.68.